The second-order valence-corrected chi connectivity index (χ2v) is 16.4. The predicted octanol–water partition coefficient (Wildman–Crippen LogP) is 2.20. The number of hydrogen-bond donors (Lipinski definition) is 8. The van der Waals surface area contributed by atoms with E-state index in [0.29, 0.717) is 27.8 Å². The zero-order valence-corrected chi connectivity index (χ0v) is 29.7. The van der Waals surface area contributed by atoms with Crippen molar-refractivity contribution in [2.75, 3.05) is 6.54 Å². The Hall–Kier alpha value is -5.58. The number of nitrogens with two attached hydrogens (primary N) is 1. The molecule has 3 heterocycles. The smallest absolute Gasteiger partial charge is 0.341 e. The fraction of sp³-hybridized carbons (Fsp3) is 0.176. The number of carboxylic acid groups (broad SMARTS) is 1. The molecule has 0 fully saturated rings. The average molecular weight is 780 g/mol. The van der Waals surface area contributed by atoms with Crippen LogP contribution in [0.4, 0.5) is 0 Å². The molecule has 18 nitrogen and oxygen atoms in total. The molecule has 1 amide bonds. The van der Waals surface area contributed by atoms with Crippen molar-refractivity contribution < 1.29 is 57.5 Å². The number of aromatic nitrogens is 4. The Balaban J connectivity index is 1.19. The average Bonchev–Trinajstić information content (AvgIpc) is 3.58. The molecule has 0 saturated heterocycles. The summed E-state index contributed by atoms with van der Waals surface area (Å²) in [5.74, 6) is -1.76. The van der Waals surface area contributed by atoms with Crippen molar-refractivity contribution in [2.24, 2.45) is 5.73 Å². The van der Waals surface area contributed by atoms with E-state index in [1.54, 1.807) is 29.2 Å². The summed E-state index contributed by atoms with van der Waals surface area (Å²) >= 11 is 0. The maximum Gasteiger partial charge on any atom is 0.341 e. The van der Waals surface area contributed by atoms with Crippen LogP contribution in [0, 0.1) is 0 Å². The van der Waals surface area contributed by atoms with Gasteiger partial charge in [0.25, 0.3) is 5.91 Å². The maximum absolute atomic E-state index is 13.4. The van der Waals surface area contributed by atoms with Crippen LogP contribution in [0.2, 0.25) is 0 Å². The first-order chi connectivity index (χ1) is 25.5. The fourth-order valence-electron chi connectivity index (χ4n) is 5.97. The number of phenols is 1. The van der Waals surface area contributed by atoms with Crippen molar-refractivity contribution in [3.8, 4) is 28.2 Å². The Labute approximate surface area is 304 Å². The highest BCUT2D eigenvalue weighted by Crippen LogP contribution is 2.60. The molecule has 1 unspecified atom stereocenters. The number of rotatable bonds is 13. The minimum atomic E-state index is -5.08. The number of phenolic OH excluding ortho intramolecular Hbond substituents is 1. The number of carbonyl (C=O) groups is 2. The Morgan fingerprint density at radius 3 is 2.33 bits per heavy atom. The molecule has 6 rings (SSSR count). The Kier molecular flexibility index (Phi) is 10.6. The molecule has 2 aliphatic rings. The summed E-state index contributed by atoms with van der Waals surface area (Å²) in [4.78, 5) is 75.6. The summed E-state index contributed by atoms with van der Waals surface area (Å²) in [6, 6.07) is 15.0. The molecule has 1 aliphatic heterocycles. The van der Waals surface area contributed by atoms with Crippen LogP contribution in [-0.2, 0) is 28.6 Å². The molecule has 1 aliphatic carbocycles. The zero-order valence-electron chi connectivity index (χ0n) is 28.0. The van der Waals surface area contributed by atoms with Crippen LogP contribution in [-0.4, -0.2) is 68.6 Å². The van der Waals surface area contributed by atoms with Gasteiger partial charge in [0.2, 0.25) is 0 Å². The molecular weight excluding hydrogens is 746 g/mol. The third kappa shape index (κ3) is 8.30. The normalized spacial score (nSPS) is 12.7. The van der Waals surface area contributed by atoms with E-state index < -0.39 is 44.9 Å². The van der Waals surface area contributed by atoms with Gasteiger partial charge in [-0.15, -0.1) is 5.10 Å². The second-order valence-electron chi connectivity index (χ2n) is 12.4. The van der Waals surface area contributed by atoms with Crippen molar-refractivity contribution in [2.45, 2.75) is 31.0 Å². The Morgan fingerprint density at radius 1 is 0.944 bits per heavy atom. The molecule has 20 heteroatoms. The number of aromatic carboxylic acids is 1. The highest BCUT2D eigenvalue weighted by Gasteiger charge is 2.43. The summed E-state index contributed by atoms with van der Waals surface area (Å²) in [7, 11) is -10.2. The lowest BCUT2D eigenvalue weighted by Gasteiger charge is -2.19. The molecule has 0 spiro atoms. The predicted molar refractivity (Wildman–Crippen MR) is 191 cm³/mol. The van der Waals surface area contributed by atoms with E-state index in [9.17, 15) is 53.3 Å². The molecular formula is C34H33N6O12P2+. The van der Waals surface area contributed by atoms with Crippen LogP contribution in [0.15, 0.2) is 94.5 Å². The summed E-state index contributed by atoms with van der Waals surface area (Å²) in [5, 5.41) is 29.5. The van der Waals surface area contributed by atoms with Crippen LogP contribution in [0.3, 0.4) is 0 Å². The van der Waals surface area contributed by atoms with Gasteiger partial charge < -0.3 is 45.3 Å². The standard InChI is InChI=1S/C34H32N6O12P2/c35-15-22(18-39-9-7-19(8-10-39)11-31(53(46,47)48)54(49,50)51)40-17-21(37-38-40)16-36-33(43)20-1-4-25(34(44)45)28(12-20)32-26-5-2-23(41)13-29(26)52-30-14-24(42)3-6-27(30)32/h1-10,12-14,17,22,31H,11,15-16,18,35H2,(H6-,36,41,42,43,44,45,46,47,48,49,50,51)/p+1. The molecule has 54 heavy (non-hydrogen) atoms. The molecule has 2 aromatic carbocycles. The number of carboxylic acids is 1. The van der Waals surface area contributed by atoms with Crippen LogP contribution in [0.1, 0.15) is 38.0 Å². The minimum Gasteiger partial charge on any atom is -0.508 e. The highest BCUT2D eigenvalue weighted by atomic mass is 31.2. The van der Waals surface area contributed by atoms with Gasteiger partial charge in [-0.2, -0.15) is 0 Å². The maximum atomic E-state index is 13.4. The molecule has 2 aromatic heterocycles. The molecule has 0 bridgehead atoms. The second kappa shape index (κ2) is 15.0. The minimum absolute atomic E-state index is 0.0596. The van der Waals surface area contributed by atoms with E-state index in [1.165, 1.54) is 65.3 Å². The molecule has 4 aromatic rings. The number of carbonyl (C=O) groups excluding carboxylic acids is 1. The topological polar surface area (TPSA) is 293 Å². The van der Waals surface area contributed by atoms with Gasteiger partial charge in [-0.1, -0.05) is 5.21 Å². The first-order valence-corrected chi connectivity index (χ1v) is 19.4. The van der Waals surface area contributed by atoms with Crippen LogP contribution < -0.4 is 21.0 Å². The van der Waals surface area contributed by atoms with E-state index in [0.717, 1.165) is 0 Å². The highest BCUT2D eigenvalue weighted by molar-refractivity contribution is 7.70. The number of nitrogens with one attached hydrogen (secondary N) is 1. The van der Waals surface area contributed by atoms with E-state index in [4.69, 9.17) is 10.2 Å². The van der Waals surface area contributed by atoms with Crippen molar-refractivity contribution in [1.29, 1.82) is 0 Å². The van der Waals surface area contributed by atoms with Crippen molar-refractivity contribution in [1.82, 2.24) is 20.3 Å². The third-order valence-corrected chi connectivity index (χ3v) is 12.4. The van der Waals surface area contributed by atoms with Crippen LogP contribution in [0.5, 0.6) is 5.75 Å². The lowest BCUT2D eigenvalue weighted by Crippen LogP contribution is -2.40. The molecule has 0 radical (unpaired) electrons. The van der Waals surface area contributed by atoms with E-state index in [-0.39, 0.29) is 58.8 Å². The SMILES string of the molecule is NCC(C[n+]1ccc(CC(P(=O)(O)O)P(=O)(O)O)cc1)n1cc(CNC(=O)c2ccc(C(=O)O)c(-c3c4ccc(=O)cc-4oc4cc(O)ccc34)c2)nn1. The summed E-state index contributed by atoms with van der Waals surface area (Å²) in [5.41, 5.74) is 7.52. The number of benzene rings is 3. The quantitative estimate of drug-likeness (QED) is 0.0474. The zero-order chi connectivity index (χ0) is 38.9. The fourth-order valence-corrected chi connectivity index (χ4v) is 8.44. The number of aromatic hydroxyl groups is 1. The summed E-state index contributed by atoms with van der Waals surface area (Å²) in [6.45, 7) is 0.333. The van der Waals surface area contributed by atoms with Crippen molar-refractivity contribution in [3.63, 3.8) is 0 Å². The van der Waals surface area contributed by atoms with Crippen LogP contribution in [0.25, 0.3) is 33.4 Å². The van der Waals surface area contributed by atoms with Crippen molar-refractivity contribution >= 4 is 38.0 Å². The molecule has 280 valence electrons. The van der Waals surface area contributed by atoms with Gasteiger partial charge in [-0.25, -0.2) is 14.0 Å². The molecule has 1 atom stereocenters. The van der Waals surface area contributed by atoms with Gasteiger partial charge in [0.1, 0.15) is 28.8 Å². The number of hydrogen-bond acceptors (Lipinski definition) is 10. The van der Waals surface area contributed by atoms with Crippen LogP contribution >= 0.6 is 15.2 Å². The lowest BCUT2D eigenvalue weighted by atomic mass is 9.89. The third-order valence-electron chi connectivity index (χ3n) is 8.67. The summed E-state index contributed by atoms with van der Waals surface area (Å²) < 4.78 is 32.4. The Bertz CT molecular complexity index is 2490. The van der Waals surface area contributed by atoms with Gasteiger partial charge in [-0.3, -0.25) is 18.7 Å². The Morgan fingerprint density at radius 2 is 1.67 bits per heavy atom. The summed E-state index contributed by atoms with van der Waals surface area (Å²) in [6.07, 6.45) is 4.18. The molecule has 9 N–H and O–H groups in total. The number of amides is 1. The van der Waals surface area contributed by atoms with Crippen molar-refractivity contribution in [3.05, 3.63) is 118 Å². The largest absolute Gasteiger partial charge is 0.508 e. The monoisotopic (exact) mass is 779 g/mol. The first-order valence-electron chi connectivity index (χ1n) is 16.1. The van der Waals surface area contributed by atoms with E-state index >= 15 is 0 Å². The number of fused-ring (bicyclic) bond motifs is 2. The lowest BCUT2D eigenvalue weighted by molar-refractivity contribution is -0.701. The van der Waals surface area contributed by atoms with Gasteiger partial charge in [-0.05, 0) is 60.0 Å². The van der Waals surface area contributed by atoms with Gasteiger partial charge in [0.05, 0.1) is 18.3 Å². The van der Waals surface area contributed by atoms with E-state index in [2.05, 4.69) is 15.6 Å². The van der Waals surface area contributed by atoms with Gasteiger partial charge in [0.15, 0.2) is 29.8 Å². The number of pyridine rings is 1. The van der Waals surface area contributed by atoms with E-state index in [1.807, 2.05) is 0 Å². The molecule has 0 saturated carbocycles. The van der Waals surface area contributed by atoms with Gasteiger partial charge in [0, 0.05) is 52.9 Å². The van der Waals surface area contributed by atoms with Gasteiger partial charge >= 0.3 is 21.2 Å². The number of nitrogens with zero attached hydrogens (tertiary/aromatic N) is 4. The first kappa shape index (κ1) is 38.2.